The van der Waals surface area contributed by atoms with Gasteiger partial charge in [0.25, 0.3) is 0 Å². The van der Waals surface area contributed by atoms with Gasteiger partial charge in [0.15, 0.2) is 0 Å². The first-order valence-electron chi connectivity index (χ1n) is 5.91. The maximum Gasteiger partial charge on any atom is 0.0379 e. The summed E-state index contributed by atoms with van der Waals surface area (Å²) in [6, 6.07) is 21.4. The Bertz CT molecular complexity index is 514. The Balaban J connectivity index is 1.78. The predicted molar refractivity (Wildman–Crippen MR) is 75.8 cm³/mol. The van der Waals surface area contributed by atoms with Gasteiger partial charge in [0.05, 0.1) is 0 Å². The highest BCUT2D eigenvalue weighted by atomic mass is 32.2. The highest BCUT2D eigenvalue weighted by Gasteiger charge is 2.19. The van der Waals surface area contributed by atoms with Crippen LogP contribution in [-0.2, 0) is 0 Å². The molecule has 0 saturated heterocycles. The van der Waals surface area contributed by atoms with E-state index in [1.54, 1.807) is 0 Å². The summed E-state index contributed by atoms with van der Waals surface area (Å²) in [6.45, 7) is 0. The van der Waals surface area contributed by atoms with Crippen molar-refractivity contribution in [2.24, 2.45) is 0 Å². The van der Waals surface area contributed by atoms with Crippen LogP contribution in [0.1, 0.15) is 22.8 Å². The van der Waals surface area contributed by atoms with Gasteiger partial charge in [-0.15, -0.1) is 11.8 Å². The van der Waals surface area contributed by atoms with Crippen LogP contribution in [0.15, 0.2) is 66.7 Å². The molecule has 0 amide bonds. The van der Waals surface area contributed by atoms with Crippen molar-refractivity contribution in [1.29, 1.82) is 0 Å². The molecule has 84 valence electrons. The van der Waals surface area contributed by atoms with E-state index in [1.807, 2.05) is 11.8 Å². The minimum absolute atomic E-state index is 0.589. The summed E-state index contributed by atoms with van der Waals surface area (Å²) in [5.41, 5.74) is 2.77. The Morgan fingerprint density at radius 1 is 0.824 bits per heavy atom. The molecule has 1 aliphatic heterocycles. The first-order valence-corrected chi connectivity index (χ1v) is 6.78. The van der Waals surface area contributed by atoms with Crippen LogP contribution in [0.3, 0.4) is 0 Å². The van der Waals surface area contributed by atoms with Crippen LogP contribution in [-0.4, -0.2) is 0 Å². The van der Waals surface area contributed by atoms with Gasteiger partial charge in [-0.3, -0.25) is 0 Å². The van der Waals surface area contributed by atoms with Crippen molar-refractivity contribution in [3.05, 3.63) is 77.9 Å². The molecule has 0 spiro atoms. The number of hydrogen-bond donors (Lipinski definition) is 0. The van der Waals surface area contributed by atoms with Crippen LogP contribution < -0.4 is 0 Å². The molecule has 0 fully saturated rings. The number of benzene rings is 2. The Labute approximate surface area is 106 Å². The molecule has 2 aromatic rings. The van der Waals surface area contributed by atoms with Gasteiger partial charge in [-0.25, -0.2) is 0 Å². The van der Waals surface area contributed by atoms with E-state index in [4.69, 9.17) is 0 Å². The number of hydrogen-bond acceptors (Lipinski definition) is 1. The molecule has 1 atom stereocenters. The molecule has 3 rings (SSSR count). The molecule has 17 heavy (non-hydrogen) atoms. The zero-order chi connectivity index (χ0) is 11.5. The van der Waals surface area contributed by atoms with E-state index in [9.17, 15) is 0 Å². The molecule has 0 nitrogen and oxygen atoms in total. The highest BCUT2D eigenvalue weighted by molar-refractivity contribution is 8.08. The van der Waals surface area contributed by atoms with Gasteiger partial charge in [-0.1, -0.05) is 66.7 Å². The van der Waals surface area contributed by atoms with Crippen LogP contribution in [0.25, 0.3) is 4.91 Å². The van der Waals surface area contributed by atoms with Gasteiger partial charge in [-0.05, 0) is 17.5 Å². The van der Waals surface area contributed by atoms with Crippen molar-refractivity contribution < 1.29 is 0 Å². The van der Waals surface area contributed by atoms with Crippen LogP contribution >= 0.6 is 11.8 Å². The summed E-state index contributed by atoms with van der Waals surface area (Å²) < 4.78 is 0. The van der Waals surface area contributed by atoms with Crippen LogP contribution in [0.2, 0.25) is 0 Å². The van der Waals surface area contributed by atoms with Gasteiger partial charge in [0, 0.05) is 10.2 Å². The molecular formula is C16H14S. The second kappa shape index (κ2) is 4.80. The van der Waals surface area contributed by atoms with E-state index in [1.165, 1.54) is 16.0 Å². The second-order valence-electron chi connectivity index (χ2n) is 4.19. The van der Waals surface area contributed by atoms with Gasteiger partial charge in [0.2, 0.25) is 0 Å². The molecule has 0 aliphatic carbocycles. The molecule has 2 aromatic carbocycles. The first-order chi connectivity index (χ1) is 8.43. The molecule has 1 unspecified atom stereocenters. The lowest BCUT2D eigenvalue weighted by Gasteiger charge is -2.10. The Kier molecular flexibility index (Phi) is 3.02. The van der Waals surface area contributed by atoms with Gasteiger partial charge < -0.3 is 0 Å². The standard InChI is InChI=1S/C16H14S/c1-3-7-13(8-4-1)15-11-12-16(17-15)14-9-5-2-6-10-14/h1-11,16H,12H2. The van der Waals surface area contributed by atoms with E-state index in [-0.39, 0.29) is 0 Å². The molecule has 0 saturated carbocycles. The minimum Gasteiger partial charge on any atom is -0.117 e. The lowest BCUT2D eigenvalue weighted by atomic mass is 10.1. The van der Waals surface area contributed by atoms with Gasteiger partial charge in [-0.2, -0.15) is 0 Å². The minimum atomic E-state index is 0.589. The molecular weight excluding hydrogens is 224 g/mol. The lowest BCUT2D eigenvalue weighted by molar-refractivity contribution is 0.991. The monoisotopic (exact) mass is 238 g/mol. The molecule has 1 aliphatic rings. The molecule has 0 aromatic heterocycles. The summed E-state index contributed by atoms with van der Waals surface area (Å²) in [6.07, 6.45) is 3.50. The van der Waals surface area contributed by atoms with E-state index >= 15 is 0 Å². The zero-order valence-corrected chi connectivity index (χ0v) is 10.4. The fourth-order valence-electron chi connectivity index (χ4n) is 2.12. The zero-order valence-electron chi connectivity index (χ0n) is 9.54. The van der Waals surface area contributed by atoms with Crippen molar-refractivity contribution >= 4 is 16.7 Å². The SMILES string of the molecule is C1=C(c2ccccc2)SC(c2ccccc2)C1. The van der Waals surface area contributed by atoms with E-state index < -0.39 is 0 Å². The maximum atomic E-state index is 2.36. The lowest BCUT2D eigenvalue weighted by Crippen LogP contribution is -1.87. The fraction of sp³-hybridized carbons (Fsp3) is 0.125. The summed E-state index contributed by atoms with van der Waals surface area (Å²) >= 11 is 1.98. The third-order valence-electron chi connectivity index (χ3n) is 3.02. The third-order valence-corrected chi connectivity index (χ3v) is 4.42. The number of rotatable bonds is 2. The quantitative estimate of drug-likeness (QED) is 0.716. The van der Waals surface area contributed by atoms with E-state index in [0.29, 0.717) is 5.25 Å². The second-order valence-corrected chi connectivity index (χ2v) is 5.43. The topological polar surface area (TPSA) is 0 Å². The Morgan fingerprint density at radius 2 is 1.47 bits per heavy atom. The van der Waals surface area contributed by atoms with Crippen LogP contribution in [0.4, 0.5) is 0 Å². The van der Waals surface area contributed by atoms with Crippen molar-refractivity contribution in [1.82, 2.24) is 0 Å². The molecule has 0 bridgehead atoms. The smallest absolute Gasteiger partial charge is 0.0379 e. The molecule has 0 N–H and O–H groups in total. The number of thioether (sulfide) groups is 1. The molecule has 0 radical (unpaired) electrons. The maximum absolute atomic E-state index is 2.36. The first kappa shape index (κ1) is 10.7. The highest BCUT2D eigenvalue weighted by Crippen LogP contribution is 2.47. The Hall–Kier alpha value is -1.47. The fourth-order valence-corrected chi connectivity index (χ4v) is 3.38. The summed E-state index contributed by atoms with van der Waals surface area (Å²) in [7, 11) is 0. The predicted octanol–water partition coefficient (Wildman–Crippen LogP) is 4.91. The van der Waals surface area contributed by atoms with Gasteiger partial charge in [0.1, 0.15) is 0 Å². The van der Waals surface area contributed by atoms with Gasteiger partial charge >= 0.3 is 0 Å². The Morgan fingerprint density at radius 3 is 2.18 bits per heavy atom. The van der Waals surface area contributed by atoms with Crippen molar-refractivity contribution in [2.45, 2.75) is 11.7 Å². The summed E-state index contributed by atoms with van der Waals surface area (Å²) in [5, 5.41) is 0.589. The van der Waals surface area contributed by atoms with E-state index in [0.717, 1.165) is 6.42 Å². The van der Waals surface area contributed by atoms with Crippen molar-refractivity contribution in [3.63, 3.8) is 0 Å². The van der Waals surface area contributed by atoms with Crippen LogP contribution in [0, 0.1) is 0 Å². The summed E-state index contributed by atoms with van der Waals surface area (Å²) in [5.74, 6) is 0. The van der Waals surface area contributed by atoms with Crippen molar-refractivity contribution in [2.75, 3.05) is 0 Å². The van der Waals surface area contributed by atoms with E-state index in [2.05, 4.69) is 66.7 Å². The molecule has 1 heteroatoms. The van der Waals surface area contributed by atoms with Crippen molar-refractivity contribution in [3.8, 4) is 0 Å². The number of allylic oxidation sites excluding steroid dienone is 1. The summed E-state index contributed by atoms with van der Waals surface area (Å²) in [4.78, 5) is 1.42. The molecule has 1 heterocycles. The average Bonchev–Trinajstić information content (AvgIpc) is 2.90. The largest absolute Gasteiger partial charge is 0.117 e. The third kappa shape index (κ3) is 2.29. The van der Waals surface area contributed by atoms with Crippen LogP contribution in [0.5, 0.6) is 0 Å². The normalized spacial score (nSPS) is 19.1. The average molecular weight is 238 g/mol.